The number of phenolic OH excluding ortho intramolecular Hbond substituents is 1. The largest absolute Gasteiger partial charge is 0.508 e. The first-order valence-corrected chi connectivity index (χ1v) is 7.29. The first-order chi connectivity index (χ1) is 9.20. The summed E-state index contributed by atoms with van der Waals surface area (Å²) in [6, 6.07) is 13.8. The lowest BCUT2D eigenvalue weighted by Crippen LogP contribution is -2.02. The molecule has 0 aliphatic carbocycles. The molecule has 2 aromatic rings. The highest BCUT2D eigenvalue weighted by molar-refractivity contribution is 9.10. The Balaban J connectivity index is 2.12. The topological polar surface area (TPSA) is 32.3 Å². The summed E-state index contributed by atoms with van der Waals surface area (Å²) < 4.78 is 0.976. The van der Waals surface area contributed by atoms with Crippen LogP contribution in [0, 0.1) is 0 Å². The Morgan fingerprint density at radius 2 is 1.89 bits per heavy atom. The summed E-state index contributed by atoms with van der Waals surface area (Å²) in [4.78, 5) is 0. The van der Waals surface area contributed by atoms with Crippen LogP contribution in [0.2, 0.25) is 0 Å². The smallest absolute Gasteiger partial charge is 0.120 e. The van der Waals surface area contributed by atoms with Crippen molar-refractivity contribution < 1.29 is 5.11 Å². The van der Waals surface area contributed by atoms with E-state index in [2.05, 4.69) is 46.4 Å². The molecular weight excluding hydrogens is 302 g/mol. The average Bonchev–Trinajstić information content (AvgIpc) is 2.42. The van der Waals surface area contributed by atoms with Crippen LogP contribution in [-0.2, 0) is 13.0 Å². The van der Waals surface area contributed by atoms with E-state index in [9.17, 15) is 5.11 Å². The van der Waals surface area contributed by atoms with E-state index in [1.165, 1.54) is 5.56 Å². The van der Waals surface area contributed by atoms with Gasteiger partial charge in [0.2, 0.25) is 0 Å². The van der Waals surface area contributed by atoms with Gasteiger partial charge >= 0.3 is 0 Å². The van der Waals surface area contributed by atoms with Crippen LogP contribution in [0.25, 0.3) is 0 Å². The Morgan fingerprint density at radius 1 is 1.11 bits per heavy atom. The predicted molar refractivity (Wildman–Crippen MR) is 83.6 cm³/mol. The van der Waals surface area contributed by atoms with Gasteiger partial charge in [-0.2, -0.15) is 0 Å². The van der Waals surface area contributed by atoms with Crippen LogP contribution in [0.4, 0.5) is 5.69 Å². The molecule has 0 aliphatic heterocycles. The summed E-state index contributed by atoms with van der Waals surface area (Å²) in [5.74, 6) is 0.323. The SMILES string of the molecule is CCCc1ccccc1NCc1cc(Br)ccc1O. The molecule has 2 nitrogen and oxygen atoms in total. The maximum Gasteiger partial charge on any atom is 0.120 e. The van der Waals surface area contributed by atoms with E-state index in [-0.39, 0.29) is 0 Å². The Hall–Kier alpha value is -1.48. The Bertz CT molecular complexity index is 554. The molecule has 0 radical (unpaired) electrons. The number of hydrogen-bond donors (Lipinski definition) is 2. The molecule has 3 heteroatoms. The molecule has 0 unspecified atom stereocenters. The van der Waals surface area contributed by atoms with Crippen LogP contribution in [0.1, 0.15) is 24.5 Å². The number of aryl methyl sites for hydroxylation is 1. The van der Waals surface area contributed by atoms with Crippen LogP contribution in [0.15, 0.2) is 46.9 Å². The molecule has 2 N–H and O–H groups in total. The number of para-hydroxylation sites is 1. The van der Waals surface area contributed by atoms with Gasteiger partial charge < -0.3 is 10.4 Å². The molecule has 0 aliphatic rings. The van der Waals surface area contributed by atoms with E-state index < -0.39 is 0 Å². The number of hydrogen-bond acceptors (Lipinski definition) is 2. The fraction of sp³-hybridized carbons (Fsp3) is 0.250. The first kappa shape index (κ1) is 13.9. The third-order valence-electron chi connectivity index (χ3n) is 3.05. The highest BCUT2D eigenvalue weighted by Crippen LogP contribution is 2.24. The summed E-state index contributed by atoms with van der Waals surface area (Å²) in [5.41, 5.74) is 3.35. The molecule has 0 atom stereocenters. The van der Waals surface area contributed by atoms with Crippen molar-refractivity contribution in [3.63, 3.8) is 0 Å². The lowest BCUT2D eigenvalue weighted by molar-refractivity contribution is 0.469. The molecule has 0 spiro atoms. The van der Waals surface area contributed by atoms with Gasteiger partial charge in [0.05, 0.1) is 0 Å². The van der Waals surface area contributed by atoms with Crippen LogP contribution < -0.4 is 5.32 Å². The normalized spacial score (nSPS) is 10.4. The Labute approximate surface area is 122 Å². The van der Waals surface area contributed by atoms with Gasteiger partial charge in [-0.05, 0) is 36.2 Å². The predicted octanol–water partition coefficient (Wildman–Crippen LogP) is 4.72. The second-order valence-electron chi connectivity index (χ2n) is 4.53. The van der Waals surface area contributed by atoms with Crippen molar-refractivity contribution in [2.24, 2.45) is 0 Å². The number of rotatable bonds is 5. The van der Waals surface area contributed by atoms with E-state index in [0.717, 1.165) is 28.6 Å². The minimum absolute atomic E-state index is 0.323. The van der Waals surface area contributed by atoms with E-state index in [0.29, 0.717) is 12.3 Å². The van der Waals surface area contributed by atoms with Crippen molar-refractivity contribution in [1.82, 2.24) is 0 Å². The van der Waals surface area contributed by atoms with Crippen molar-refractivity contribution in [2.75, 3.05) is 5.32 Å². The fourth-order valence-electron chi connectivity index (χ4n) is 2.07. The van der Waals surface area contributed by atoms with Crippen LogP contribution in [0.3, 0.4) is 0 Å². The third kappa shape index (κ3) is 3.74. The van der Waals surface area contributed by atoms with Gasteiger partial charge in [0.15, 0.2) is 0 Å². The van der Waals surface area contributed by atoms with Crippen molar-refractivity contribution in [3.8, 4) is 5.75 Å². The summed E-state index contributed by atoms with van der Waals surface area (Å²) in [6.07, 6.45) is 2.19. The number of nitrogens with one attached hydrogen (secondary N) is 1. The highest BCUT2D eigenvalue weighted by atomic mass is 79.9. The van der Waals surface area contributed by atoms with E-state index >= 15 is 0 Å². The van der Waals surface area contributed by atoms with E-state index in [1.54, 1.807) is 6.07 Å². The average molecular weight is 320 g/mol. The zero-order valence-corrected chi connectivity index (χ0v) is 12.6. The van der Waals surface area contributed by atoms with Gasteiger partial charge in [0.25, 0.3) is 0 Å². The minimum Gasteiger partial charge on any atom is -0.508 e. The van der Waals surface area contributed by atoms with Crippen molar-refractivity contribution in [1.29, 1.82) is 0 Å². The molecule has 0 aromatic heterocycles. The summed E-state index contributed by atoms with van der Waals surface area (Å²) in [7, 11) is 0. The summed E-state index contributed by atoms with van der Waals surface area (Å²) >= 11 is 3.42. The van der Waals surface area contributed by atoms with E-state index in [4.69, 9.17) is 0 Å². The van der Waals surface area contributed by atoms with Crippen molar-refractivity contribution in [3.05, 3.63) is 58.1 Å². The number of benzene rings is 2. The zero-order chi connectivity index (χ0) is 13.7. The quantitative estimate of drug-likeness (QED) is 0.835. The molecule has 2 rings (SSSR count). The summed E-state index contributed by atoms with van der Waals surface area (Å²) in [5, 5.41) is 13.2. The van der Waals surface area contributed by atoms with Crippen molar-refractivity contribution >= 4 is 21.6 Å². The monoisotopic (exact) mass is 319 g/mol. The van der Waals surface area contributed by atoms with E-state index in [1.807, 2.05) is 18.2 Å². The van der Waals surface area contributed by atoms with Gasteiger partial charge in [0.1, 0.15) is 5.75 Å². The Kier molecular flexibility index (Phi) is 4.86. The van der Waals surface area contributed by atoms with Crippen LogP contribution in [0.5, 0.6) is 5.75 Å². The molecule has 0 saturated carbocycles. The maximum atomic E-state index is 9.82. The van der Waals surface area contributed by atoms with Crippen LogP contribution in [-0.4, -0.2) is 5.11 Å². The minimum atomic E-state index is 0.323. The number of phenols is 1. The van der Waals surface area contributed by atoms with Crippen LogP contribution >= 0.6 is 15.9 Å². The molecular formula is C16H18BrNO. The lowest BCUT2D eigenvalue weighted by atomic mass is 10.1. The van der Waals surface area contributed by atoms with Gasteiger partial charge in [-0.15, -0.1) is 0 Å². The third-order valence-corrected chi connectivity index (χ3v) is 3.54. The molecule has 0 bridgehead atoms. The number of halogens is 1. The van der Waals surface area contributed by atoms with Gasteiger partial charge in [-0.25, -0.2) is 0 Å². The van der Waals surface area contributed by atoms with Gasteiger partial charge in [0, 0.05) is 22.3 Å². The lowest BCUT2D eigenvalue weighted by Gasteiger charge is -2.12. The van der Waals surface area contributed by atoms with Gasteiger partial charge in [-0.3, -0.25) is 0 Å². The molecule has 2 aromatic carbocycles. The molecule has 100 valence electrons. The second-order valence-corrected chi connectivity index (χ2v) is 5.45. The molecule has 0 heterocycles. The van der Waals surface area contributed by atoms with Crippen molar-refractivity contribution in [2.45, 2.75) is 26.3 Å². The molecule has 0 fully saturated rings. The maximum absolute atomic E-state index is 9.82. The fourth-order valence-corrected chi connectivity index (χ4v) is 2.47. The number of aromatic hydroxyl groups is 1. The van der Waals surface area contributed by atoms with Gasteiger partial charge in [-0.1, -0.05) is 47.5 Å². The standard InChI is InChI=1S/C16H18BrNO/c1-2-5-12-6-3-4-7-15(12)18-11-13-10-14(17)8-9-16(13)19/h3-4,6-10,18-19H,2,5,11H2,1H3. The summed E-state index contributed by atoms with van der Waals surface area (Å²) in [6.45, 7) is 2.79. The Morgan fingerprint density at radius 3 is 2.68 bits per heavy atom. The zero-order valence-electron chi connectivity index (χ0n) is 11.0. The second kappa shape index (κ2) is 6.62. The molecule has 0 amide bonds. The highest BCUT2D eigenvalue weighted by Gasteiger charge is 2.04. The molecule has 19 heavy (non-hydrogen) atoms. The molecule has 0 saturated heterocycles. The number of anilines is 1. The first-order valence-electron chi connectivity index (χ1n) is 6.50.